The Morgan fingerprint density at radius 2 is 2.08 bits per heavy atom. The number of benzene rings is 1. The Hall–Kier alpha value is -1.35. The van der Waals surface area contributed by atoms with Gasteiger partial charge in [-0.05, 0) is 24.6 Å². The van der Waals surface area contributed by atoms with E-state index in [2.05, 4.69) is 10.2 Å². The van der Waals surface area contributed by atoms with Gasteiger partial charge in [0.05, 0.1) is 25.2 Å². The predicted molar refractivity (Wildman–Crippen MR) is 103 cm³/mol. The van der Waals surface area contributed by atoms with Crippen LogP contribution in [0.15, 0.2) is 24.3 Å². The van der Waals surface area contributed by atoms with Gasteiger partial charge in [0.15, 0.2) is 0 Å². The molecule has 1 aromatic rings. The molecule has 0 spiro atoms. The topological polar surface area (TPSA) is 79.0 Å². The van der Waals surface area contributed by atoms with Crippen molar-refractivity contribution in [1.82, 2.24) is 10.2 Å². The summed E-state index contributed by atoms with van der Waals surface area (Å²) in [6.07, 6.45) is 1.44. The molecule has 1 aliphatic rings. The predicted octanol–water partition coefficient (Wildman–Crippen LogP) is 1.33. The molecule has 1 N–H and O–H groups in total. The van der Waals surface area contributed by atoms with Crippen LogP contribution in [-0.2, 0) is 19.6 Å². The van der Waals surface area contributed by atoms with E-state index in [1.54, 1.807) is 31.2 Å². The molecule has 1 heterocycles. The van der Waals surface area contributed by atoms with Crippen LogP contribution in [0, 0.1) is 0 Å². The van der Waals surface area contributed by atoms with Gasteiger partial charge in [-0.1, -0.05) is 24.6 Å². The summed E-state index contributed by atoms with van der Waals surface area (Å²) in [6.45, 7) is 6.03. The first-order valence-electron chi connectivity index (χ1n) is 8.65. The summed E-state index contributed by atoms with van der Waals surface area (Å²) in [5.41, 5.74) is 0.384. The lowest BCUT2D eigenvalue weighted by Gasteiger charge is -2.31. The Kier molecular flexibility index (Phi) is 7.69. The quantitative estimate of drug-likeness (QED) is 0.708. The summed E-state index contributed by atoms with van der Waals surface area (Å²) < 4.78 is 31.1. The van der Waals surface area contributed by atoms with Gasteiger partial charge in [0.2, 0.25) is 15.9 Å². The molecule has 1 amide bonds. The molecule has 26 heavy (non-hydrogen) atoms. The highest BCUT2D eigenvalue weighted by Crippen LogP contribution is 2.25. The van der Waals surface area contributed by atoms with Crippen LogP contribution < -0.4 is 9.62 Å². The SMILES string of the molecule is CCC(C(=O)NCCN1CCOCC1)N(c1cccc(Cl)c1)S(C)(=O)=O. The van der Waals surface area contributed by atoms with Crippen molar-refractivity contribution < 1.29 is 17.9 Å². The molecule has 1 saturated heterocycles. The zero-order valence-electron chi connectivity index (χ0n) is 15.2. The first-order valence-corrected chi connectivity index (χ1v) is 10.9. The van der Waals surface area contributed by atoms with Crippen molar-refractivity contribution in [2.45, 2.75) is 19.4 Å². The zero-order chi connectivity index (χ0) is 19.2. The molecular formula is C17H26ClN3O4S. The maximum absolute atomic E-state index is 12.7. The van der Waals surface area contributed by atoms with E-state index in [1.807, 2.05) is 0 Å². The lowest BCUT2D eigenvalue weighted by atomic mass is 10.2. The molecule has 1 atom stereocenters. The molecule has 1 aromatic carbocycles. The third kappa shape index (κ3) is 5.84. The van der Waals surface area contributed by atoms with Crippen LogP contribution in [0.4, 0.5) is 5.69 Å². The number of morpholine rings is 1. The highest BCUT2D eigenvalue weighted by molar-refractivity contribution is 7.92. The van der Waals surface area contributed by atoms with Crippen LogP contribution >= 0.6 is 11.6 Å². The highest BCUT2D eigenvalue weighted by Gasteiger charge is 2.31. The fourth-order valence-electron chi connectivity index (χ4n) is 2.95. The number of halogens is 1. The van der Waals surface area contributed by atoms with Gasteiger partial charge in [-0.25, -0.2) is 8.42 Å². The van der Waals surface area contributed by atoms with Crippen molar-refractivity contribution in [3.8, 4) is 0 Å². The summed E-state index contributed by atoms with van der Waals surface area (Å²) >= 11 is 6.00. The van der Waals surface area contributed by atoms with Gasteiger partial charge in [0.25, 0.3) is 0 Å². The average Bonchev–Trinajstić information content (AvgIpc) is 2.59. The second-order valence-corrected chi connectivity index (χ2v) is 8.50. The van der Waals surface area contributed by atoms with Gasteiger partial charge >= 0.3 is 0 Å². The van der Waals surface area contributed by atoms with Gasteiger partial charge in [-0.15, -0.1) is 0 Å². The highest BCUT2D eigenvalue weighted by atomic mass is 35.5. The molecule has 0 radical (unpaired) electrons. The summed E-state index contributed by atoms with van der Waals surface area (Å²) in [7, 11) is -3.65. The van der Waals surface area contributed by atoms with Gasteiger partial charge in [0, 0.05) is 31.2 Å². The van der Waals surface area contributed by atoms with E-state index in [1.165, 1.54) is 0 Å². The Balaban J connectivity index is 2.07. The number of rotatable bonds is 8. The van der Waals surface area contributed by atoms with Crippen molar-refractivity contribution in [2.24, 2.45) is 0 Å². The van der Waals surface area contributed by atoms with Crippen molar-refractivity contribution in [2.75, 3.05) is 50.0 Å². The van der Waals surface area contributed by atoms with E-state index in [-0.39, 0.29) is 5.91 Å². The second-order valence-electron chi connectivity index (χ2n) is 6.21. The number of carbonyl (C=O) groups excluding carboxylic acids is 1. The van der Waals surface area contributed by atoms with E-state index in [0.717, 1.165) is 23.7 Å². The number of hydrogen-bond acceptors (Lipinski definition) is 5. The van der Waals surface area contributed by atoms with Crippen LogP contribution in [-0.4, -0.2) is 70.9 Å². The normalized spacial score (nSPS) is 16.9. The number of nitrogens with zero attached hydrogens (tertiary/aromatic N) is 2. The third-order valence-electron chi connectivity index (χ3n) is 4.22. The lowest BCUT2D eigenvalue weighted by Crippen LogP contribution is -2.50. The minimum Gasteiger partial charge on any atom is -0.379 e. The third-order valence-corrected chi connectivity index (χ3v) is 5.64. The molecule has 1 aliphatic heterocycles. The van der Waals surface area contributed by atoms with E-state index in [4.69, 9.17) is 16.3 Å². The Bertz CT molecular complexity index is 708. The number of amides is 1. The first-order chi connectivity index (χ1) is 12.3. The molecule has 2 rings (SSSR count). The van der Waals surface area contributed by atoms with E-state index in [0.29, 0.717) is 43.4 Å². The molecule has 146 valence electrons. The molecule has 0 aliphatic carbocycles. The van der Waals surface area contributed by atoms with Crippen molar-refractivity contribution >= 4 is 33.2 Å². The molecule has 0 aromatic heterocycles. The molecule has 1 fully saturated rings. The van der Waals surface area contributed by atoms with E-state index in [9.17, 15) is 13.2 Å². The van der Waals surface area contributed by atoms with Crippen LogP contribution in [0.5, 0.6) is 0 Å². The molecular weight excluding hydrogens is 378 g/mol. The van der Waals surface area contributed by atoms with Crippen LogP contribution in [0.2, 0.25) is 5.02 Å². The van der Waals surface area contributed by atoms with Crippen molar-refractivity contribution in [3.05, 3.63) is 29.3 Å². The minimum atomic E-state index is -3.65. The molecule has 9 heteroatoms. The summed E-state index contributed by atoms with van der Waals surface area (Å²) in [4.78, 5) is 14.9. The Morgan fingerprint density at radius 3 is 2.65 bits per heavy atom. The molecule has 1 unspecified atom stereocenters. The fourth-order valence-corrected chi connectivity index (χ4v) is 4.34. The average molecular weight is 404 g/mol. The lowest BCUT2D eigenvalue weighted by molar-refractivity contribution is -0.122. The van der Waals surface area contributed by atoms with Crippen LogP contribution in [0.3, 0.4) is 0 Å². The van der Waals surface area contributed by atoms with Gasteiger partial charge < -0.3 is 10.1 Å². The van der Waals surface area contributed by atoms with Crippen LogP contribution in [0.25, 0.3) is 0 Å². The van der Waals surface area contributed by atoms with Crippen molar-refractivity contribution in [3.63, 3.8) is 0 Å². The minimum absolute atomic E-state index is 0.314. The first kappa shape index (κ1) is 21.0. The fraction of sp³-hybridized carbons (Fsp3) is 0.588. The number of ether oxygens (including phenoxy) is 1. The van der Waals surface area contributed by atoms with E-state index < -0.39 is 16.1 Å². The Morgan fingerprint density at radius 1 is 1.38 bits per heavy atom. The van der Waals surface area contributed by atoms with Crippen LogP contribution in [0.1, 0.15) is 13.3 Å². The van der Waals surface area contributed by atoms with Gasteiger partial charge in [-0.3, -0.25) is 14.0 Å². The standard InChI is InChI=1S/C17H26ClN3O4S/c1-3-16(17(22)19-7-8-20-9-11-25-12-10-20)21(26(2,23)24)15-6-4-5-14(18)13-15/h4-6,13,16H,3,7-12H2,1-2H3,(H,19,22). The molecule has 7 nitrogen and oxygen atoms in total. The van der Waals surface area contributed by atoms with Gasteiger partial charge in [0.1, 0.15) is 6.04 Å². The molecule has 0 saturated carbocycles. The number of sulfonamides is 1. The number of hydrogen-bond donors (Lipinski definition) is 1. The van der Waals surface area contributed by atoms with E-state index >= 15 is 0 Å². The number of anilines is 1. The summed E-state index contributed by atoms with van der Waals surface area (Å²) in [6, 6.07) is 5.68. The van der Waals surface area contributed by atoms with Gasteiger partial charge in [-0.2, -0.15) is 0 Å². The maximum atomic E-state index is 12.7. The maximum Gasteiger partial charge on any atom is 0.243 e. The number of nitrogens with one attached hydrogen (secondary N) is 1. The second kappa shape index (κ2) is 9.55. The Labute approximate surface area is 160 Å². The van der Waals surface area contributed by atoms with Crippen molar-refractivity contribution in [1.29, 1.82) is 0 Å². The number of carbonyl (C=O) groups is 1. The molecule has 0 bridgehead atoms. The zero-order valence-corrected chi connectivity index (χ0v) is 16.7. The largest absolute Gasteiger partial charge is 0.379 e. The summed E-state index contributed by atoms with van der Waals surface area (Å²) in [5.74, 6) is -0.314. The monoisotopic (exact) mass is 403 g/mol. The summed E-state index contributed by atoms with van der Waals surface area (Å²) in [5, 5.41) is 3.27. The smallest absolute Gasteiger partial charge is 0.243 e.